The average Bonchev–Trinajstić information content (AvgIpc) is 3.55. The normalized spacial score (nSPS) is 21.0. The van der Waals surface area contributed by atoms with Gasteiger partial charge in [-0.1, -0.05) is 60.7 Å². The van der Waals surface area contributed by atoms with Crippen molar-refractivity contribution in [3.05, 3.63) is 90.5 Å². The van der Waals surface area contributed by atoms with Crippen molar-refractivity contribution < 1.29 is 28.5 Å². The van der Waals surface area contributed by atoms with Crippen LogP contribution >= 0.6 is 0 Å². The molecule has 41 heavy (non-hydrogen) atoms. The lowest BCUT2D eigenvalue weighted by molar-refractivity contribution is -0.0511. The number of nitrogens with zero attached hydrogens (tertiary/aromatic N) is 4. The molecule has 0 aliphatic carbocycles. The number of rotatable bonds is 9. The van der Waals surface area contributed by atoms with Crippen LogP contribution in [0.4, 0.5) is 5.82 Å². The number of aliphatic hydroxyl groups excluding tert-OH is 3. The Bertz CT molecular complexity index is 1790. The Labute approximate surface area is 235 Å². The van der Waals surface area contributed by atoms with Crippen molar-refractivity contribution in [2.24, 2.45) is 0 Å². The zero-order chi connectivity index (χ0) is 28.6. The summed E-state index contributed by atoms with van der Waals surface area (Å²) in [6, 6.07) is 22.0. The minimum atomic E-state index is -3.84. The van der Waals surface area contributed by atoms with Crippen LogP contribution in [0.2, 0.25) is 0 Å². The summed E-state index contributed by atoms with van der Waals surface area (Å²) >= 11 is 0. The summed E-state index contributed by atoms with van der Waals surface area (Å²) in [5, 5.41) is 35.9. The van der Waals surface area contributed by atoms with E-state index >= 15 is 0 Å². The Morgan fingerprint density at radius 1 is 0.902 bits per heavy atom. The SMILES string of the molecule is O=S(=O)(NCc1nc(NCc2cccc3ccccc23)c2ncn([C@@H]3O[C@H](CO)[C@@H](O)[C@@H]3O)c2n1)c1ccccc1. The number of fused-ring (bicyclic) bond motifs is 2. The summed E-state index contributed by atoms with van der Waals surface area (Å²) in [6.45, 7) is -0.318. The van der Waals surface area contributed by atoms with Crippen LogP contribution in [-0.2, 0) is 27.8 Å². The van der Waals surface area contributed by atoms with Crippen LogP contribution in [0.15, 0.2) is 84.0 Å². The minimum absolute atomic E-state index is 0.104. The van der Waals surface area contributed by atoms with Crippen LogP contribution in [0.1, 0.15) is 17.6 Å². The summed E-state index contributed by atoms with van der Waals surface area (Å²) in [5.74, 6) is 0.494. The number of aliphatic hydroxyl groups is 3. The van der Waals surface area contributed by atoms with Crippen LogP contribution < -0.4 is 10.0 Å². The predicted octanol–water partition coefficient (Wildman–Crippen LogP) is 1.68. The molecule has 1 aliphatic heterocycles. The maximum atomic E-state index is 12.9. The quantitative estimate of drug-likeness (QED) is 0.174. The van der Waals surface area contributed by atoms with E-state index in [0.717, 1.165) is 16.3 Å². The van der Waals surface area contributed by atoms with E-state index in [1.54, 1.807) is 18.2 Å². The van der Waals surface area contributed by atoms with E-state index in [2.05, 4.69) is 25.0 Å². The third kappa shape index (κ3) is 5.26. The molecule has 1 aliphatic rings. The van der Waals surface area contributed by atoms with Gasteiger partial charge in [0.05, 0.1) is 24.4 Å². The highest BCUT2D eigenvalue weighted by Gasteiger charge is 2.44. The molecule has 0 spiro atoms. The van der Waals surface area contributed by atoms with Crippen LogP contribution in [0.3, 0.4) is 0 Å². The molecule has 2 aromatic heterocycles. The number of aromatic nitrogens is 4. The van der Waals surface area contributed by atoms with Gasteiger partial charge in [0.1, 0.15) is 24.1 Å². The van der Waals surface area contributed by atoms with Gasteiger partial charge in [-0.25, -0.2) is 28.1 Å². The highest BCUT2D eigenvalue weighted by Crippen LogP contribution is 2.32. The van der Waals surface area contributed by atoms with E-state index < -0.39 is 41.2 Å². The summed E-state index contributed by atoms with van der Waals surface area (Å²) in [7, 11) is -3.84. The van der Waals surface area contributed by atoms with Crippen molar-refractivity contribution in [2.75, 3.05) is 11.9 Å². The fourth-order valence-corrected chi connectivity index (χ4v) is 5.93. The van der Waals surface area contributed by atoms with Gasteiger partial charge in [0, 0.05) is 6.54 Å². The van der Waals surface area contributed by atoms with Crippen LogP contribution in [0.5, 0.6) is 0 Å². The molecule has 4 atom stereocenters. The molecule has 3 aromatic carbocycles. The molecule has 13 heteroatoms. The van der Waals surface area contributed by atoms with E-state index in [-0.39, 0.29) is 22.9 Å². The zero-order valence-corrected chi connectivity index (χ0v) is 22.5. The maximum absolute atomic E-state index is 12.9. The van der Waals surface area contributed by atoms with E-state index in [4.69, 9.17) is 4.74 Å². The van der Waals surface area contributed by atoms with E-state index in [0.29, 0.717) is 17.9 Å². The third-order valence-electron chi connectivity index (χ3n) is 7.06. The van der Waals surface area contributed by atoms with Crippen molar-refractivity contribution in [1.82, 2.24) is 24.2 Å². The number of imidazole rings is 1. The third-order valence-corrected chi connectivity index (χ3v) is 8.48. The van der Waals surface area contributed by atoms with Crippen molar-refractivity contribution in [1.29, 1.82) is 0 Å². The number of anilines is 1. The number of hydrogen-bond acceptors (Lipinski definition) is 10. The minimum Gasteiger partial charge on any atom is -0.394 e. The summed E-state index contributed by atoms with van der Waals surface area (Å²) in [4.78, 5) is 13.7. The van der Waals surface area contributed by atoms with Crippen molar-refractivity contribution in [3.63, 3.8) is 0 Å². The number of benzene rings is 3. The van der Waals surface area contributed by atoms with E-state index in [1.165, 1.54) is 23.0 Å². The molecule has 12 nitrogen and oxygen atoms in total. The van der Waals surface area contributed by atoms with Gasteiger partial charge in [-0.3, -0.25) is 4.57 Å². The molecule has 0 bridgehead atoms. The lowest BCUT2D eigenvalue weighted by Crippen LogP contribution is -2.33. The second kappa shape index (κ2) is 11.1. The van der Waals surface area contributed by atoms with Gasteiger partial charge in [-0.05, 0) is 28.5 Å². The van der Waals surface area contributed by atoms with Crippen molar-refractivity contribution >= 4 is 37.8 Å². The first-order valence-corrected chi connectivity index (χ1v) is 14.4. The number of nitrogens with one attached hydrogen (secondary N) is 2. The molecule has 0 unspecified atom stereocenters. The average molecular weight is 577 g/mol. The highest BCUT2D eigenvalue weighted by atomic mass is 32.2. The van der Waals surface area contributed by atoms with Gasteiger partial charge >= 0.3 is 0 Å². The largest absolute Gasteiger partial charge is 0.394 e. The molecule has 5 N–H and O–H groups in total. The van der Waals surface area contributed by atoms with Crippen LogP contribution in [0, 0.1) is 0 Å². The van der Waals surface area contributed by atoms with Crippen LogP contribution in [0.25, 0.3) is 21.9 Å². The van der Waals surface area contributed by atoms with E-state index in [9.17, 15) is 23.7 Å². The van der Waals surface area contributed by atoms with Gasteiger partial charge in [0.25, 0.3) is 0 Å². The summed E-state index contributed by atoms with van der Waals surface area (Å²) < 4.78 is 35.4. The Balaban J connectivity index is 1.36. The monoisotopic (exact) mass is 576 g/mol. The lowest BCUT2D eigenvalue weighted by atomic mass is 10.0. The molecular formula is C28H28N6O6S. The molecule has 1 fully saturated rings. The Morgan fingerprint density at radius 2 is 1.66 bits per heavy atom. The van der Waals surface area contributed by atoms with Gasteiger partial charge in [0.2, 0.25) is 10.0 Å². The van der Waals surface area contributed by atoms with E-state index in [1.807, 2.05) is 42.5 Å². The Morgan fingerprint density at radius 3 is 2.44 bits per heavy atom. The highest BCUT2D eigenvalue weighted by molar-refractivity contribution is 7.89. The maximum Gasteiger partial charge on any atom is 0.240 e. The molecule has 5 aromatic rings. The molecule has 1 saturated heterocycles. The first-order chi connectivity index (χ1) is 19.9. The fourth-order valence-electron chi connectivity index (χ4n) is 4.93. The predicted molar refractivity (Wildman–Crippen MR) is 150 cm³/mol. The number of ether oxygens (including phenoxy) is 1. The second-order valence-electron chi connectivity index (χ2n) is 9.67. The van der Waals surface area contributed by atoms with Gasteiger partial charge in [0.15, 0.2) is 23.2 Å². The lowest BCUT2D eigenvalue weighted by Gasteiger charge is -2.17. The standard InChI is InChI=1S/C28H28N6O6S/c35-15-21-24(36)25(37)28(40-21)34-16-30-23-26(29-13-18-9-6-8-17-7-4-5-12-20(17)18)32-22(33-27(23)34)14-31-41(38,39)19-10-2-1-3-11-19/h1-12,16,21,24-25,28,31,35-37H,13-15H2,(H,29,32,33)/t21-,24-,25+,28-/m1/s1. The fraction of sp³-hybridized carbons (Fsp3) is 0.250. The van der Waals surface area contributed by atoms with Gasteiger partial charge < -0.3 is 25.4 Å². The van der Waals surface area contributed by atoms with Gasteiger partial charge in [-0.2, -0.15) is 0 Å². The second-order valence-corrected chi connectivity index (χ2v) is 11.4. The Hall–Kier alpha value is -3.98. The van der Waals surface area contributed by atoms with Crippen molar-refractivity contribution in [2.45, 2.75) is 42.5 Å². The topological polar surface area (TPSA) is 172 Å². The summed E-state index contributed by atoms with van der Waals surface area (Å²) in [5.41, 5.74) is 1.63. The first kappa shape index (κ1) is 27.2. The van der Waals surface area contributed by atoms with Crippen LogP contribution in [-0.4, -0.2) is 68.2 Å². The molecule has 6 rings (SSSR count). The van der Waals surface area contributed by atoms with Gasteiger partial charge in [-0.15, -0.1) is 0 Å². The van der Waals surface area contributed by atoms with Crippen molar-refractivity contribution in [3.8, 4) is 0 Å². The Kier molecular flexibility index (Phi) is 7.38. The molecule has 0 amide bonds. The summed E-state index contributed by atoms with van der Waals surface area (Å²) in [6.07, 6.45) is -3.34. The smallest absolute Gasteiger partial charge is 0.240 e. The molecule has 0 radical (unpaired) electrons. The number of sulfonamides is 1. The zero-order valence-electron chi connectivity index (χ0n) is 21.7. The molecular weight excluding hydrogens is 548 g/mol. The molecule has 212 valence electrons. The number of hydrogen-bond donors (Lipinski definition) is 5. The molecule has 0 saturated carbocycles. The first-order valence-electron chi connectivity index (χ1n) is 13.0. The molecule has 3 heterocycles.